The molecule has 26 heavy (non-hydrogen) atoms. The lowest BCUT2D eigenvalue weighted by Gasteiger charge is -2.04. The van der Waals surface area contributed by atoms with Crippen LogP contribution in [0.15, 0.2) is 47.6 Å². The number of phenols is 1. The number of nitrogens with one attached hydrogen (secondary N) is 2. The first-order valence-corrected chi connectivity index (χ1v) is 7.20. The van der Waals surface area contributed by atoms with E-state index in [1.165, 1.54) is 30.3 Å². The molecule has 0 bridgehead atoms. The molecule has 0 saturated carbocycles. The number of nitro groups is 1. The van der Waals surface area contributed by atoms with Gasteiger partial charge in [0.2, 0.25) is 5.75 Å². The molecular weight excluding hydrogens is 347 g/mol. The molecule has 3 N–H and O–H groups in total. The summed E-state index contributed by atoms with van der Waals surface area (Å²) in [5, 5.41) is 26.3. The van der Waals surface area contributed by atoms with Crippen LogP contribution >= 0.6 is 0 Å². The maximum absolute atomic E-state index is 13.0. The zero-order valence-corrected chi connectivity index (χ0v) is 13.2. The fourth-order valence-electron chi connectivity index (χ4n) is 1.91. The second-order valence-corrected chi connectivity index (χ2v) is 4.96. The van der Waals surface area contributed by atoms with Crippen LogP contribution in [-0.4, -0.2) is 34.6 Å². The van der Waals surface area contributed by atoms with E-state index in [1.807, 2.05) is 0 Å². The van der Waals surface area contributed by atoms with Gasteiger partial charge in [-0.05, 0) is 24.3 Å². The molecule has 0 saturated heterocycles. The molecule has 0 fully saturated rings. The van der Waals surface area contributed by atoms with E-state index in [9.17, 15) is 29.2 Å². The summed E-state index contributed by atoms with van der Waals surface area (Å²) in [7, 11) is 0. The van der Waals surface area contributed by atoms with Gasteiger partial charge in [-0.1, -0.05) is 12.1 Å². The third-order valence-electron chi connectivity index (χ3n) is 3.13. The zero-order chi connectivity index (χ0) is 19.1. The summed E-state index contributed by atoms with van der Waals surface area (Å²) in [5.74, 6) is -2.49. The fourth-order valence-corrected chi connectivity index (χ4v) is 1.91. The number of hydrogen-bond donors (Lipinski definition) is 3. The molecule has 2 rings (SSSR count). The molecule has 0 atom stereocenters. The van der Waals surface area contributed by atoms with Crippen LogP contribution < -0.4 is 10.7 Å². The second kappa shape index (κ2) is 8.33. The summed E-state index contributed by atoms with van der Waals surface area (Å²) >= 11 is 0. The summed E-state index contributed by atoms with van der Waals surface area (Å²) in [4.78, 5) is 33.3. The van der Waals surface area contributed by atoms with Crippen LogP contribution in [0.3, 0.4) is 0 Å². The Labute approximate surface area is 146 Å². The van der Waals surface area contributed by atoms with Gasteiger partial charge in [-0.15, -0.1) is 0 Å². The predicted molar refractivity (Wildman–Crippen MR) is 89.2 cm³/mol. The number of benzene rings is 2. The van der Waals surface area contributed by atoms with Crippen molar-refractivity contribution in [1.82, 2.24) is 10.7 Å². The van der Waals surface area contributed by atoms with Gasteiger partial charge < -0.3 is 10.4 Å². The van der Waals surface area contributed by atoms with E-state index in [0.717, 1.165) is 18.3 Å². The third kappa shape index (κ3) is 4.84. The normalized spacial score (nSPS) is 10.5. The highest BCUT2D eigenvalue weighted by Crippen LogP contribution is 2.27. The van der Waals surface area contributed by atoms with E-state index in [-0.39, 0.29) is 11.1 Å². The number of amides is 2. The van der Waals surface area contributed by atoms with Crippen molar-refractivity contribution in [3.63, 3.8) is 0 Å². The number of carbonyl (C=O) groups excluding carboxylic acids is 2. The van der Waals surface area contributed by atoms with Gasteiger partial charge in [0.1, 0.15) is 5.82 Å². The zero-order valence-electron chi connectivity index (χ0n) is 13.2. The van der Waals surface area contributed by atoms with Crippen molar-refractivity contribution in [2.45, 2.75) is 0 Å². The molecule has 0 aromatic heterocycles. The molecule has 10 heteroatoms. The second-order valence-electron chi connectivity index (χ2n) is 4.96. The molecule has 0 aliphatic heterocycles. The minimum absolute atomic E-state index is 0.0308. The Morgan fingerprint density at radius 1 is 1.27 bits per heavy atom. The van der Waals surface area contributed by atoms with Gasteiger partial charge in [0.25, 0.3) is 11.8 Å². The number of nitro benzene ring substituents is 1. The van der Waals surface area contributed by atoms with Crippen LogP contribution in [0.25, 0.3) is 0 Å². The largest absolute Gasteiger partial charge is 0.502 e. The Kier molecular flexibility index (Phi) is 5.93. The molecule has 0 radical (unpaired) electrons. The highest BCUT2D eigenvalue weighted by molar-refractivity contribution is 5.96. The van der Waals surface area contributed by atoms with Crippen LogP contribution in [0.5, 0.6) is 5.75 Å². The highest BCUT2D eigenvalue weighted by Gasteiger charge is 2.15. The van der Waals surface area contributed by atoms with Crippen LogP contribution in [0.4, 0.5) is 10.1 Å². The van der Waals surface area contributed by atoms with Crippen molar-refractivity contribution < 1.29 is 24.0 Å². The Morgan fingerprint density at radius 3 is 2.69 bits per heavy atom. The molecule has 0 spiro atoms. The first kappa shape index (κ1) is 18.5. The molecule has 134 valence electrons. The van der Waals surface area contributed by atoms with E-state index in [1.54, 1.807) is 0 Å². The Balaban J connectivity index is 1.89. The van der Waals surface area contributed by atoms with Crippen LogP contribution in [0.2, 0.25) is 0 Å². The molecule has 2 aromatic rings. The monoisotopic (exact) mass is 360 g/mol. The predicted octanol–water partition coefficient (Wildman–Crippen LogP) is 1.32. The topological polar surface area (TPSA) is 134 Å². The van der Waals surface area contributed by atoms with Crippen molar-refractivity contribution in [3.05, 3.63) is 69.5 Å². The summed E-state index contributed by atoms with van der Waals surface area (Å²) in [5.41, 5.74) is 1.68. The summed E-state index contributed by atoms with van der Waals surface area (Å²) in [6, 6.07) is 8.79. The number of nitrogens with zero attached hydrogens (tertiary/aromatic N) is 2. The molecule has 2 amide bonds. The quantitative estimate of drug-likeness (QED) is 0.406. The summed E-state index contributed by atoms with van der Waals surface area (Å²) in [6.45, 7) is -0.423. The van der Waals surface area contributed by atoms with E-state index in [2.05, 4.69) is 15.8 Å². The number of rotatable bonds is 6. The first-order valence-electron chi connectivity index (χ1n) is 7.20. The number of phenolic OH excluding ortho intramolecular Hbond substituents is 1. The molecule has 2 aromatic carbocycles. The SMILES string of the molecule is O=C(CNC(=O)c1cccc(F)c1)N/N=C/c1cccc([N+](=O)[O-])c1O. The Bertz CT molecular complexity index is 885. The molecule has 9 nitrogen and oxygen atoms in total. The number of para-hydroxylation sites is 1. The van der Waals surface area contributed by atoms with E-state index in [4.69, 9.17) is 0 Å². The van der Waals surface area contributed by atoms with E-state index in [0.29, 0.717) is 0 Å². The number of aromatic hydroxyl groups is 1. The number of halogens is 1. The van der Waals surface area contributed by atoms with Gasteiger partial charge in [-0.25, -0.2) is 9.82 Å². The van der Waals surface area contributed by atoms with Crippen molar-refractivity contribution in [2.75, 3.05) is 6.54 Å². The average molecular weight is 360 g/mol. The lowest BCUT2D eigenvalue weighted by atomic mass is 10.2. The average Bonchev–Trinajstić information content (AvgIpc) is 2.60. The lowest BCUT2D eigenvalue weighted by Crippen LogP contribution is -2.34. The van der Waals surface area contributed by atoms with Crippen molar-refractivity contribution in [1.29, 1.82) is 0 Å². The fraction of sp³-hybridized carbons (Fsp3) is 0.0625. The molecule has 0 unspecified atom stereocenters. The Hall–Kier alpha value is -3.82. The van der Waals surface area contributed by atoms with Crippen LogP contribution in [-0.2, 0) is 4.79 Å². The maximum Gasteiger partial charge on any atom is 0.311 e. The van der Waals surface area contributed by atoms with E-state index >= 15 is 0 Å². The number of hydrazone groups is 1. The highest BCUT2D eigenvalue weighted by atomic mass is 19.1. The lowest BCUT2D eigenvalue weighted by molar-refractivity contribution is -0.385. The smallest absolute Gasteiger partial charge is 0.311 e. The van der Waals surface area contributed by atoms with Gasteiger partial charge in [0.05, 0.1) is 17.7 Å². The third-order valence-corrected chi connectivity index (χ3v) is 3.13. The number of carbonyl (C=O) groups is 2. The van der Waals surface area contributed by atoms with Crippen molar-refractivity contribution >= 4 is 23.7 Å². The van der Waals surface area contributed by atoms with Gasteiger partial charge in [-0.2, -0.15) is 5.10 Å². The molecule has 0 aliphatic carbocycles. The first-order chi connectivity index (χ1) is 12.4. The van der Waals surface area contributed by atoms with Gasteiger partial charge in [-0.3, -0.25) is 19.7 Å². The number of hydrogen-bond acceptors (Lipinski definition) is 6. The van der Waals surface area contributed by atoms with Gasteiger partial charge in [0.15, 0.2) is 0 Å². The minimum atomic E-state index is -0.757. The standard InChI is InChI=1S/C16H13FN4O5/c17-12-5-1-3-10(7-12)16(24)18-9-14(22)20-19-8-11-4-2-6-13(15(11)23)21(25)26/h1-8,23H,9H2,(H,18,24)(H,20,22)/b19-8+. The summed E-state index contributed by atoms with van der Waals surface area (Å²) in [6.07, 6.45) is 1.02. The van der Waals surface area contributed by atoms with Crippen molar-refractivity contribution in [2.24, 2.45) is 5.10 Å². The maximum atomic E-state index is 13.0. The molecule has 0 aliphatic rings. The van der Waals surface area contributed by atoms with Gasteiger partial charge >= 0.3 is 5.69 Å². The van der Waals surface area contributed by atoms with Crippen LogP contribution in [0, 0.1) is 15.9 Å². The molecule has 0 heterocycles. The molecular formula is C16H13FN4O5. The van der Waals surface area contributed by atoms with Crippen LogP contribution in [0.1, 0.15) is 15.9 Å². The van der Waals surface area contributed by atoms with Gasteiger partial charge in [0, 0.05) is 17.2 Å². The summed E-state index contributed by atoms with van der Waals surface area (Å²) < 4.78 is 13.0. The van der Waals surface area contributed by atoms with E-state index < -0.39 is 40.5 Å². The minimum Gasteiger partial charge on any atom is -0.502 e. The Morgan fingerprint density at radius 2 is 2.00 bits per heavy atom. The van der Waals surface area contributed by atoms with Crippen molar-refractivity contribution in [3.8, 4) is 5.75 Å².